The fourth-order valence-electron chi connectivity index (χ4n) is 3.24. The van der Waals surface area contributed by atoms with Gasteiger partial charge in [0, 0.05) is 19.6 Å². The molecule has 1 aliphatic rings. The van der Waals surface area contributed by atoms with Crippen molar-refractivity contribution in [3.05, 3.63) is 28.8 Å². The second kappa shape index (κ2) is 6.15. The Kier molecular flexibility index (Phi) is 4.75. The second-order valence-corrected chi connectivity index (χ2v) is 6.05. The number of anilines is 1. The molecule has 2 rings (SSSR count). The molecule has 1 aliphatic heterocycles. The van der Waals surface area contributed by atoms with Gasteiger partial charge in [-0.05, 0) is 29.9 Å². The van der Waals surface area contributed by atoms with E-state index in [0.29, 0.717) is 12.0 Å². The number of benzene rings is 1. The molecule has 0 aliphatic carbocycles. The molecule has 1 heterocycles. The summed E-state index contributed by atoms with van der Waals surface area (Å²) in [7, 11) is 0. The van der Waals surface area contributed by atoms with E-state index in [2.05, 4.69) is 24.8 Å². The highest BCUT2D eigenvalue weighted by Crippen LogP contribution is 2.41. The summed E-state index contributed by atoms with van der Waals surface area (Å²) in [5.74, 6) is 0. The van der Waals surface area contributed by atoms with Crippen molar-refractivity contribution in [3.63, 3.8) is 0 Å². The maximum Gasteiger partial charge on any atom is 0.0642 e. The Labute approximate surface area is 121 Å². The van der Waals surface area contributed by atoms with Gasteiger partial charge < -0.3 is 10.6 Å². The Morgan fingerprint density at radius 2 is 1.84 bits per heavy atom. The lowest BCUT2D eigenvalue weighted by Gasteiger charge is -2.42. The first-order valence-electron chi connectivity index (χ1n) is 7.38. The SMILES string of the molecule is CCC1(CC)CCN(c2c(Cl)cccc2CN)CC1. The van der Waals surface area contributed by atoms with Crippen LogP contribution in [0, 0.1) is 5.41 Å². The summed E-state index contributed by atoms with van der Waals surface area (Å²) in [6.07, 6.45) is 5.08. The van der Waals surface area contributed by atoms with Crippen molar-refractivity contribution in [1.29, 1.82) is 0 Å². The van der Waals surface area contributed by atoms with Crippen molar-refractivity contribution in [1.82, 2.24) is 0 Å². The van der Waals surface area contributed by atoms with Crippen molar-refractivity contribution in [3.8, 4) is 0 Å². The summed E-state index contributed by atoms with van der Waals surface area (Å²) < 4.78 is 0. The first kappa shape index (κ1) is 14.7. The van der Waals surface area contributed by atoms with E-state index in [4.69, 9.17) is 17.3 Å². The number of nitrogens with zero attached hydrogens (tertiary/aromatic N) is 1. The van der Waals surface area contributed by atoms with Gasteiger partial charge >= 0.3 is 0 Å². The van der Waals surface area contributed by atoms with E-state index in [1.165, 1.54) is 25.7 Å². The molecule has 0 aromatic heterocycles. The first-order chi connectivity index (χ1) is 9.15. The summed E-state index contributed by atoms with van der Waals surface area (Å²) >= 11 is 6.38. The zero-order valence-corrected chi connectivity index (χ0v) is 12.8. The minimum absolute atomic E-state index is 0.542. The molecule has 0 bridgehead atoms. The van der Waals surface area contributed by atoms with Crippen LogP contribution in [-0.2, 0) is 6.54 Å². The zero-order valence-electron chi connectivity index (χ0n) is 12.1. The molecule has 1 aromatic rings. The van der Waals surface area contributed by atoms with Crippen LogP contribution in [0.2, 0.25) is 5.02 Å². The summed E-state index contributed by atoms with van der Waals surface area (Å²) in [4.78, 5) is 2.42. The fraction of sp³-hybridized carbons (Fsp3) is 0.625. The molecule has 2 nitrogen and oxygen atoms in total. The third-order valence-electron chi connectivity index (χ3n) is 4.93. The molecule has 1 fully saturated rings. The normalized spacial score (nSPS) is 18.6. The molecule has 0 saturated carbocycles. The van der Waals surface area contributed by atoms with E-state index >= 15 is 0 Å². The molecule has 1 aromatic carbocycles. The molecule has 2 N–H and O–H groups in total. The molecule has 0 amide bonds. The van der Waals surface area contributed by atoms with Crippen LogP contribution >= 0.6 is 11.6 Å². The molecular weight excluding hydrogens is 256 g/mol. The lowest BCUT2D eigenvalue weighted by atomic mass is 9.74. The molecule has 0 unspecified atom stereocenters. The van der Waals surface area contributed by atoms with Crippen LogP contribution in [0.3, 0.4) is 0 Å². The van der Waals surface area contributed by atoms with Crippen LogP contribution < -0.4 is 10.6 Å². The van der Waals surface area contributed by atoms with E-state index in [1.54, 1.807) is 0 Å². The van der Waals surface area contributed by atoms with Gasteiger partial charge in [0.2, 0.25) is 0 Å². The van der Waals surface area contributed by atoms with Crippen LogP contribution in [0.1, 0.15) is 45.1 Å². The van der Waals surface area contributed by atoms with Crippen molar-refractivity contribution < 1.29 is 0 Å². The molecule has 0 atom stereocenters. The monoisotopic (exact) mass is 280 g/mol. The van der Waals surface area contributed by atoms with E-state index in [1.807, 2.05) is 12.1 Å². The molecule has 1 saturated heterocycles. The molecular formula is C16H25ClN2. The van der Waals surface area contributed by atoms with Gasteiger partial charge in [-0.2, -0.15) is 0 Å². The topological polar surface area (TPSA) is 29.3 Å². The van der Waals surface area contributed by atoms with Gasteiger partial charge in [0.15, 0.2) is 0 Å². The second-order valence-electron chi connectivity index (χ2n) is 5.65. The van der Waals surface area contributed by atoms with Crippen LogP contribution in [0.5, 0.6) is 0 Å². The molecule has 3 heteroatoms. The Hall–Kier alpha value is -0.730. The molecule has 0 radical (unpaired) electrons. The highest BCUT2D eigenvalue weighted by molar-refractivity contribution is 6.33. The number of nitrogens with two attached hydrogens (primary N) is 1. The molecule has 19 heavy (non-hydrogen) atoms. The van der Waals surface area contributed by atoms with E-state index in [0.717, 1.165) is 29.4 Å². The van der Waals surface area contributed by atoms with Gasteiger partial charge in [0.05, 0.1) is 10.7 Å². The average molecular weight is 281 g/mol. The average Bonchev–Trinajstić information content (AvgIpc) is 2.47. The van der Waals surface area contributed by atoms with E-state index < -0.39 is 0 Å². The Balaban J connectivity index is 2.18. The summed E-state index contributed by atoms with van der Waals surface area (Å²) in [5.41, 5.74) is 8.71. The maximum atomic E-state index is 6.38. The highest BCUT2D eigenvalue weighted by Gasteiger charge is 2.32. The highest BCUT2D eigenvalue weighted by atomic mass is 35.5. The third kappa shape index (κ3) is 2.90. The quantitative estimate of drug-likeness (QED) is 0.895. The smallest absolute Gasteiger partial charge is 0.0642 e. The Morgan fingerprint density at radius 3 is 2.37 bits per heavy atom. The van der Waals surface area contributed by atoms with Crippen molar-refractivity contribution in [2.45, 2.75) is 46.1 Å². The van der Waals surface area contributed by atoms with Gasteiger partial charge in [-0.25, -0.2) is 0 Å². The van der Waals surface area contributed by atoms with E-state index in [9.17, 15) is 0 Å². The number of rotatable bonds is 4. The van der Waals surface area contributed by atoms with E-state index in [-0.39, 0.29) is 0 Å². The predicted octanol–water partition coefficient (Wildman–Crippen LogP) is 4.21. The van der Waals surface area contributed by atoms with Gasteiger partial charge in [0.1, 0.15) is 0 Å². The Morgan fingerprint density at radius 1 is 1.21 bits per heavy atom. The Bertz CT molecular complexity index is 417. The van der Waals surface area contributed by atoms with Crippen molar-refractivity contribution in [2.75, 3.05) is 18.0 Å². The van der Waals surface area contributed by atoms with Gasteiger partial charge in [0.25, 0.3) is 0 Å². The minimum Gasteiger partial charge on any atom is -0.370 e. The molecule has 106 valence electrons. The van der Waals surface area contributed by atoms with Crippen LogP contribution in [-0.4, -0.2) is 13.1 Å². The lowest BCUT2D eigenvalue weighted by Crippen LogP contribution is -2.40. The number of piperidine rings is 1. The van der Waals surface area contributed by atoms with Gasteiger partial charge in [-0.3, -0.25) is 0 Å². The minimum atomic E-state index is 0.542. The summed E-state index contributed by atoms with van der Waals surface area (Å²) in [5, 5.41) is 0.837. The first-order valence-corrected chi connectivity index (χ1v) is 7.76. The van der Waals surface area contributed by atoms with Crippen LogP contribution in [0.15, 0.2) is 18.2 Å². The number of hydrogen-bond donors (Lipinski definition) is 1. The molecule has 0 spiro atoms. The zero-order chi connectivity index (χ0) is 13.9. The van der Waals surface area contributed by atoms with Crippen molar-refractivity contribution >= 4 is 17.3 Å². The maximum absolute atomic E-state index is 6.38. The van der Waals surface area contributed by atoms with Crippen LogP contribution in [0.25, 0.3) is 0 Å². The largest absolute Gasteiger partial charge is 0.370 e. The van der Waals surface area contributed by atoms with Gasteiger partial charge in [-0.1, -0.05) is 50.4 Å². The summed E-state index contributed by atoms with van der Waals surface area (Å²) in [6, 6.07) is 6.04. The standard InChI is InChI=1S/C16H25ClN2/c1-3-16(4-2)8-10-19(11-9-16)15-13(12-18)6-5-7-14(15)17/h5-7H,3-4,8-12,18H2,1-2H3. The van der Waals surface area contributed by atoms with Crippen molar-refractivity contribution in [2.24, 2.45) is 11.1 Å². The fourth-order valence-corrected chi connectivity index (χ4v) is 3.55. The van der Waals surface area contributed by atoms with Crippen LogP contribution in [0.4, 0.5) is 5.69 Å². The number of hydrogen-bond acceptors (Lipinski definition) is 2. The lowest BCUT2D eigenvalue weighted by molar-refractivity contribution is 0.199. The number of halogens is 1. The third-order valence-corrected chi connectivity index (χ3v) is 5.24. The summed E-state index contributed by atoms with van der Waals surface area (Å²) in [6.45, 7) is 7.38. The van der Waals surface area contributed by atoms with Gasteiger partial charge in [-0.15, -0.1) is 0 Å². The predicted molar refractivity (Wildman–Crippen MR) is 83.8 cm³/mol. The number of para-hydroxylation sites is 1.